The van der Waals surface area contributed by atoms with Crippen LogP contribution in [0, 0.1) is 0 Å². The van der Waals surface area contributed by atoms with E-state index in [0.717, 1.165) is 39.0 Å². The number of nitrogens with one attached hydrogen (secondary N) is 1. The first-order valence-electron chi connectivity index (χ1n) is 4.45. The Balaban J connectivity index is 2.21. The van der Waals surface area contributed by atoms with E-state index in [0.29, 0.717) is 0 Å². The summed E-state index contributed by atoms with van der Waals surface area (Å²) in [5, 5.41) is 14.6. The Morgan fingerprint density at radius 1 is 1.45 bits per heavy atom. The Morgan fingerprint density at radius 2 is 2.09 bits per heavy atom. The largest absolute Gasteiger partial charge is 0.314 e. The monoisotopic (exact) mass is 157 g/mol. The molecule has 65 valence electrons. The lowest BCUT2D eigenvalue weighted by atomic mass is 10.2. The van der Waals surface area contributed by atoms with E-state index in [2.05, 4.69) is 12.2 Å². The van der Waals surface area contributed by atoms with Crippen LogP contribution in [0.4, 0.5) is 0 Å². The molecule has 0 aromatic carbocycles. The molecule has 1 aliphatic heterocycles. The summed E-state index contributed by atoms with van der Waals surface area (Å²) in [6, 6.07) is 0. The number of piperazine rings is 1. The summed E-state index contributed by atoms with van der Waals surface area (Å²) in [6.45, 7) is 5.86. The molecule has 3 heteroatoms. The molecular weight excluding hydrogens is 140 g/mol. The summed E-state index contributed by atoms with van der Waals surface area (Å²) in [5.74, 6) is 0. The highest BCUT2D eigenvalue weighted by Gasteiger charge is 2.17. The van der Waals surface area contributed by atoms with Gasteiger partial charge in [-0.2, -0.15) is 0 Å². The van der Waals surface area contributed by atoms with E-state index >= 15 is 0 Å². The average molecular weight is 157 g/mol. The molecule has 0 spiro atoms. The summed E-state index contributed by atoms with van der Waals surface area (Å²) in [5.41, 5.74) is 0. The lowest BCUT2D eigenvalue weighted by molar-refractivity contribution is -0.0587. The molecule has 1 saturated heterocycles. The second-order valence-electron chi connectivity index (χ2n) is 3.03. The first-order chi connectivity index (χ1) is 5.34. The van der Waals surface area contributed by atoms with Gasteiger partial charge in [-0.05, 0) is 6.42 Å². The van der Waals surface area contributed by atoms with Crippen molar-refractivity contribution in [1.29, 1.82) is 0 Å². The molecule has 0 aromatic rings. The fourth-order valence-electron chi connectivity index (χ4n) is 1.40. The van der Waals surface area contributed by atoms with E-state index in [4.69, 9.17) is 0 Å². The van der Waals surface area contributed by atoms with Gasteiger partial charge in [0.05, 0.1) is 0 Å². The van der Waals surface area contributed by atoms with E-state index < -0.39 is 6.23 Å². The Morgan fingerprint density at radius 3 is 2.64 bits per heavy atom. The molecule has 1 heterocycles. The van der Waals surface area contributed by atoms with Crippen LogP contribution in [0.2, 0.25) is 0 Å². The summed E-state index contributed by atoms with van der Waals surface area (Å²) in [4.78, 5) is 2.03. The predicted octanol–water partition coefficient (Wildman–Crippen LogP) is 0.448. The quantitative estimate of drug-likeness (QED) is 0.645. The third-order valence-electron chi connectivity index (χ3n) is 2.09. The van der Waals surface area contributed by atoms with Crippen molar-refractivity contribution in [2.45, 2.75) is 26.0 Å². The normalized spacial score (nSPS) is 23.5. The molecule has 11 heavy (non-hydrogen) atoms. The zero-order valence-electron chi connectivity index (χ0n) is 7.18. The molecule has 1 radical (unpaired) electrons. The van der Waals surface area contributed by atoms with Crippen molar-refractivity contribution in [3.63, 3.8) is 0 Å². The highest BCUT2D eigenvalue weighted by Crippen LogP contribution is 2.04. The van der Waals surface area contributed by atoms with Crippen molar-refractivity contribution < 1.29 is 5.11 Å². The SMILES string of the molecule is CCCC([O])N1CCNCC1. The Hall–Kier alpha value is -0.120. The van der Waals surface area contributed by atoms with Gasteiger partial charge < -0.3 is 5.32 Å². The van der Waals surface area contributed by atoms with Crippen LogP contribution in [0.15, 0.2) is 0 Å². The van der Waals surface area contributed by atoms with Gasteiger partial charge in [0.1, 0.15) is 6.23 Å². The molecule has 3 nitrogen and oxygen atoms in total. The van der Waals surface area contributed by atoms with Gasteiger partial charge in [-0.3, -0.25) is 4.90 Å². The number of hydrogen-bond donors (Lipinski definition) is 1. The topological polar surface area (TPSA) is 35.2 Å². The van der Waals surface area contributed by atoms with Gasteiger partial charge in [-0.1, -0.05) is 13.3 Å². The number of rotatable bonds is 3. The van der Waals surface area contributed by atoms with Crippen LogP contribution in [0.1, 0.15) is 19.8 Å². The van der Waals surface area contributed by atoms with Gasteiger partial charge in [0.25, 0.3) is 0 Å². The van der Waals surface area contributed by atoms with E-state index in [1.807, 2.05) is 4.90 Å². The van der Waals surface area contributed by atoms with Gasteiger partial charge in [-0.15, -0.1) is 0 Å². The van der Waals surface area contributed by atoms with E-state index in [9.17, 15) is 5.11 Å². The average Bonchev–Trinajstić information content (AvgIpc) is 2.07. The molecule has 0 saturated carbocycles. The molecule has 0 aliphatic carbocycles. The van der Waals surface area contributed by atoms with Crippen LogP contribution in [-0.2, 0) is 5.11 Å². The van der Waals surface area contributed by atoms with Crippen LogP contribution in [0.3, 0.4) is 0 Å². The molecule has 0 aromatic heterocycles. The van der Waals surface area contributed by atoms with Crippen molar-refractivity contribution in [1.82, 2.24) is 10.2 Å². The minimum absolute atomic E-state index is 0.456. The third kappa shape index (κ3) is 2.77. The zero-order valence-corrected chi connectivity index (χ0v) is 7.18. The molecule has 0 bridgehead atoms. The second-order valence-corrected chi connectivity index (χ2v) is 3.03. The van der Waals surface area contributed by atoms with Crippen LogP contribution in [-0.4, -0.2) is 37.3 Å². The number of hydrogen-bond acceptors (Lipinski definition) is 2. The summed E-state index contributed by atoms with van der Waals surface area (Å²) < 4.78 is 0. The van der Waals surface area contributed by atoms with Crippen LogP contribution in [0.5, 0.6) is 0 Å². The smallest absolute Gasteiger partial charge is 0.146 e. The van der Waals surface area contributed by atoms with Crippen LogP contribution in [0.25, 0.3) is 0 Å². The lowest BCUT2D eigenvalue weighted by Crippen LogP contribution is -2.47. The predicted molar refractivity (Wildman–Crippen MR) is 43.8 cm³/mol. The van der Waals surface area contributed by atoms with Crippen molar-refractivity contribution in [2.75, 3.05) is 26.2 Å². The number of nitrogens with zero attached hydrogens (tertiary/aromatic N) is 1. The van der Waals surface area contributed by atoms with Gasteiger partial charge in [-0.25, -0.2) is 5.11 Å². The van der Waals surface area contributed by atoms with Crippen molar-refractivity contribution in [3.05, 3.63) is 0 Å². The maximum atomic E-state index is 11.4. The van der Waals surface area contributed by atoms with Crippen molar-refractivity contribution in [3.8, 4) is 0 Å². The first kappa shape index (κ1) is 8.97. The fraction of sp³-hybridized carbons (Fsp3) is 1.00. The van der Waals surface area contributed by atoms with Gasteiger partial charge in [0, 0.05) is 26.2 Å². The standard InChI is InChI=1S/C8H17N2O/c1-2-3-8(11)10-6-4-9-5-7-10/h8-9H,2-7H2,1H3. The van der Waals surface area contributed by atoms with Crippen molar-refractivity contribution in [2.24, 2.45) is 0 Å². The van der Waals surface area contributed by atoms with Gasteiger partial charge >= 0.3 is 0 Å². The summed E-state index contributed by atoms with van der Waals surface area (Å²) in [7, 11) is 0. The van der Waals surface area contributed by atoms with Crippen LogP contribution < -0.4 is 5.32 Å². The Kier molecular flexibility index (Phi) is 3.83. The Bertz CT molecular complexity index is 102. The molecule has 1 aliphatic rings. The van der Waals surface area contributed by atoms with E-state index in [-0.39, 0.29) is 0 Å². The zero-order chi connectivity index (χ0) is 8.10. The Labute approximate surface area is 68.4 Å². The van der Waals surface area contributed by atoms with Gasteiger partial charge in [0.2, 0.25) is 0 Å². The fourth-order valence-corrected chi connectivity index (χ4v) is 1.40. The molecular formula is C8H17N2O. The molecule has 0 amide bonds. The van der Waals surface area contributed by atoms with E-state index in [1.165, 1.54) is 0 Å². The second kappa shape index (κ2) is 4.70. The molecule has 1 atom stereocenters. The summed E-state index contributed by atoms with van der Waals surface area (Å²) >= 11 is 0. The van der Waals surface area contributed by atoms with E-state index in [1.54, 1.807) is 0 Å². The highest BCUT2D eigenvalue weighted by molar-refractivity contribution is 4.69. The minimum atomic E-state index is -0.456. The lowest BCUT2D eigenvalue weighted by Gasteiger charge is -2.30. The molecule has 1 unspecified atom stereocenters. The van der Waals surface area contributed by atoms with Crippen LogP contribution >= 0.6 is 0 Å². The maximum Gasteiger partial charge on any atom is 0.146 e. The van der Waals surface area contributed by atoms with Gasteiger partial charge in [0.15, 0.2) is 0 Å². The van der Waals surface area contributed by atoms with Crippen molar-refractivity contribution >= 4 is 0 Å². The minimum Gasteiger partial charge on any atom is -0.314 e. The maximum absolute atomic E-state index is 11.4. The highest BCUT2D eigenvalue weighted by atomic mass is 16.3. The molecule has 1 fully saturated rings. The molecule has 1 rings (SSSR count). The third-order valence-corrected chi connectivity index (χ3v) is 2.09. The molecule has 1 N–H and O–H groups in total. The summed E-state index contributed by atoms with van der Waals surface area (Å²) in [6.07, 6.45) is 1.33. The first-order valence-corrected chi connectivity index (χ1v) is 4.45.